The lowest BCUT2D eigenvalue weighted by molar-refractivity contribution is -0.116. The highest BCUT2D eigenvalue weighted by atomic mass is 16.5. The quantitative estimate of drug-likeness (QED) is 0.709. The van der Waals surface area contributed by atoms with Crippen LogP contribution >= 0.6 is 0 Å². The Hall–Kier alpha value is -3.15. The number of pyridine rings is 1. The first-order chi connectivity index (χ1) is 11.3. The number of H-pyrrole nitrogens is 1. The van der Waals surface area contributed by atoms with E-state index in [1.54, 1.807) is 19.4 Å². The molecule has 0 atom stereocenters. The predicted molar refractivity (Wildman–Crippen MR) is 87.8 cm³/mol. The van der Waals surface area contributed by atoms with Gasteiger partial charge in [0, 0.05) is 24.2 Å². The highest BCUT2D eigenvalue weighted by molar-refractivity contribution is 5.94. The highest BCUT2D eigenvalue weighted by Crippen LogP contribution is 2.14. The van der Waals surface area contributed by atoms with Crippen LogP contribution in [0.15, 0.2) is 48.7 Å². The van der Waals surface area contributed by atoms with Crippen LogP contribution in [0.1, 0.15) is 11.3 Å². The first kappa shape index (κ1) is 14.8. The van der Waals surface area contributed by atoms with Crippen molar-refractivity contribution in [3.05, 3.63) is 59.9 Å². The zero-order valence-electron chi connectivity index (χ0n) is 12.6. The second-order valence-electron chi connectivity index (χ2n) is 4.91. The molecule has 2 aromatic heterocycles. The number of rotatable bonds is 5. The lowest BCUT2D eigenvalue weighted by Crippen LogP contribution is -2.20. The van der Waals surface area contributed by atoms with E-state index >= 15 is 0 Å². The van der Waals surface area contributed by atoms with Crippen LogP contribution in [0.25, 0.3) is 17.1 Å². The molecule has 3 aromatic rings. The summed E-state index contributed by atoms with van der Waals surface area (Å²) in [5.41, 5.74) is 2.36. The monoisotopic (exact) mass is 308 g/mol. The number of ether oxygens (including phenoxy) is 1. The van der Waals surface area contributed by atoms with Crippen molar-refractivity contribution >= 4 is 23.0 Å². The summed E-state index contributed by atoms with van der Waals surface area (Å²) in [5.74, 6) is 0.579. The van der Waals surface area contributed by atoms with Crippen molar-refractivity contribution < 1.29 is 9.53 Å². The van der Waals surface area contributed by atoms with Crippen LogP contribution in [0.4, 0.5) is 0 Å². The van der Waals surface area contributed by atoms with Gasteiger partial charge in [0.1, 0.15) is 5.75 Å². The second kappa shape index (κ2) is 6.74. The molecule has 3 rings (SSSR count). The number of carbonyl (C=O) groups excluding carboxylic acids is 1. The number of amides is 1. The minimum Gasteiger partial charge on any atom is -0.497 e. The van der Waals surface area contributed by atoms with E-state index in [-0.39, 0.29) is 5.91 Å². The van der Waals surface area contributed by atoms with E-state index in [1.165, 1.54) is 6.08 Å². The molecule has 0 unspecified atom stereocenters. The van der Waals surface area contributed by atoms with Gasteiger partial charge in [-0.25, -0.2) is 4.98 Å². The van der Waals surface area contributed by atoms with Gasteiger partial charge in [-0.15, -0.1) is 0 Å². The fourth-order valence-corrected chi connectivity index (χ4v) is 2.19. The van der Waals surface area contributed by atoms with Crippen LogP contribution in [0.5, 0.6) is 5.75 Å². The average molecular weight is 308 g/mol. The van der Waals surface area contributed by atoms with Gasteiger partial charge in [0.25, 0.3) is 0 Å². The van der Waals surface area contributed by atoms with Gasteiger partial charge in [-0.3, -0.25) is 9.89 Å². The molecular formula is C17H16N4O2. The molecule has 0 saturated heterocycles. The van der Waals surface area contributed by atoms with E-state index in [4.69, 9.17) is 4.74 Å². The summed E-state index contributed by atoms with van der Waals surface area (Å²) in [6.45, 7) is 0.434. The van der Waals surface area contributed by atoms with Gasteiger partial charge < -0.3 is 10.1 Å². The maximum atomic E-state index is 11.9. The van der Waals surface area contributed by atoms with Gasteiger partial charge >= 0.3 is 0 Å². The van der Waals surface area contributed by atoms with E-state index in [9.17, 15) is 4.79 Å². The molecule has 0 fully saturated rings. The van der Waals surface area contributed by atoms with Gasteiger partial charge in [-0.05, 0) is 35.9 Å². The van der Waals surface area contributed by atoms with Crippen molar-refractivity contribution in [1.82, 2.24) is 20.5 Å². The lowest BCUT2D eigenvalue weighted by Gasteiger charge is -2.05. The Balaban J connectivity index is 1.62. The maximum Gasteiger partial charge on any atom is 0.244 e. The van der Waals surface area contributed by atoms with Gasteiger partial charge in [0.15, 0.2) is 5.65 Å². The number of nitrogens with zero attached hydrogens (tertiary/aromatic N) is 2. The van der Waals surface area contributed by atoms with Crippen molar-refractivity contribution in [3.8, 4) is 5.75 Å². The molecule has 0 bridgehead atoms. The Morgan fingerprint density at radius 3 is 3.13 bits per heavy atom. The summed E-state index contributed by atoms with van der Waals surface area (Å²) in [5, 5.41) is 10.7. The summed E-state index contributed by atoms with van der Waals surface area (Å²) >= 11 is 0. The molecule has 1 aromatic carbocycles. The van der Waals surface area contributed by atoms with Crippen molar-refractivity contribution in [1.29, 1.82) is 0 Å². The fourth-order valence-electron chi connectivity index (χ4n) is 2.19. The molecule has 0 aliphatic rings. The average Bonchev–Trinajstić information content (AvgIpc) is 3.01. The molecule has 6 nitrogen and oxygen atoms in total. The van der Waals surface area contributed by atoms with Crippen molar-refractivity contribution in [3.63, 3.8) is 0 Å². The predicted octanol–water partition coefficient (Wildman–Crippen LogP) is 2.30. The number of hydrogen-bond acceptors (Lipinski definition) is 4. The third kappa shape index (κ3) is 3.55. The molecule has 1 amide bonds. The van der Waals surface area contributed by atoms with Crippen LogP contribution in [-0.4, -0.2) is 28.2 Å². The molecule has 0 aliphatic carbocycles. The number of benzene rings is 1. The van der Waals surface area contributed by atoms with Gasteiger partial charge in [0.05, 0.1) is 12.8 Å². The fraction of sp³-hybridized carbons (Fsp3) is 0.118. The minimum atomic E-state index is -0.187. The molecule has 0 saturated carbocycles. The zero-order valence-corrected chi connectivity index (χ0v) is 12.6. The Labute approximate surface area is 133 Å². The summed E-state index contributed by atoms with van der Waals surface area (Å²) in [6, 6.07) is 11.3. The molecule has 0 aliphatic heterocycles. The Bertz CT molecular complexity index is 854. The van der Waals surface area contributed by atoms with Crippen molar-refractivity contribution in [2.75, 3.05) is 7.11 Å². The summed E-state index contributed by atoms with van der Waals surface area (Å²) < 4.78 is 5.15. The topological polar surface area (TPSA) is 79.9 Å². The number of aromatic nitrogens is 3. The number of carbonyl (C=O) groups is 1. The summed E-state index contributed by atoms with van der Waals surface area (Å²) in [7, 11) is 1.61. The molecule has 23 heavy (non-hydrogen) atoms. The molecule has 6 heteroatoms. The molecule has 2 heterocycles. The minimum absolute atomic E-state index is 0.187. The Kier molecular flexibility index (Phi) is 4.33. The van der Waals surface area contributed by atoms with Crippen LogP contribution in [0.3, 0.4) is 0 Å². The van der Waals surface area contributed by atoms with Crippen LogP contribution in [0, 0.1) is 0 Å². The second-order valence-corrected chi connectivity index (χ2v) is 4.91. The van der Waals surface area contributed by atoms with Gasteiger partial charge in [-0.2, -0.15) is 5.10 Å². The van der Waals surface area contributed by atoms with Crippen LogP contribution in [0.2, 0.25) is 0 Å². The molecular weight excluding hydrogens is 292 g/mol. The molecule has 116 valence electrons. The number of aromatic amines is 1. The Morgan fingerprint density at radius 1 is 1.35 bits per heavy atom. The first-order valence-corrected chi connectivity index (χ1v) is 7.14. The summed E-state index contributed by atoms with van der Waals surface area (Å²) in [6.07, 6.45) is 4.82. The van der Waals surface area contributed by atoms with E-state index in [0.717, 1.165) is 16.7 Å². The smallest absolute Gasteiger partial charge is 0.244 e. The number of methoxy groups -OCH3 is 1. The maximum absolute atomic E-state index is 11.9. The van der Waals surface area contributed by atoms with E-state index < -0.39 is 0 Å². The Morgan fingerprint density at radius 2 is 2.26 bits per heavy atom. The lowest BCUT2D eigenvalue weighted by atomic mass is 10.2. The largest absolute Gasteiger partial charge is 0.497 e. The standard InChI is InChI=1S/C17H16N4O2/c1-23-13-5-2-4-12(10-13)11-19-16(22)8-7-15-14-6-3-9-18-17(14)21-20-15/h2-10H,11H2,1H3,(H,19,22)(H,18,20,21). The zero-order chi connectivity index (χ0) is 16.1. The normalized spacial score (nSPS) is 11.0. The van der Waals surface area contributed by atoms with Gasteiger partial charge in [0.2, 0.25) is 5.91 Å². The summed E-state index contributed by atoms with van der Waals surface area (Å²) in [4.78, 5) is 16.1. The number of nitrogens with one attached hydrogen (secondary N) is 2. The SMILES string of the molecule is COc1cccc(CNC(=O)C=Cc2n[nH]c3ncccc23)c1. The molecule has 0 radical (unpaired) electrons. The molecule has 2 N–H and O–H groups in total. The van der Waals surface area contributed by atoms with Crippen LogP contribution in [-0.2, 0) is 11.3 Å². The number of fused-ring (bicyclic) bond motifs is 1. The van der Waals surface area contributed by atoms with E-state index in [0.29, 0.717) is 17.9 Å². The third-order valence-electron chi connectivity index (χ3n) is 3.36. The van der Waals surface area contributed by atoms with Crippen LogP contribution < -0.4 is 10.1 Å². The highest BCUT2D eigenvalue weighted by Gasteiger charge is 2.03. The first-order valence-electron chi connectivity index (χ1n) is 7.14. The van der Waals surface area contributed by atoms with Crippen molar-refractivity contribution in [2.24, 2.45) is 0 Å². The molecule has 0 spiro atoms. The van der Waals surface area contributed by atoms with E-state index in [1.807, 2.05) is 36.4 Å². The van der Waals surface area contributed by atoms with Gasteiger partial charge in [-0.1, -0.05) is 12.1 Å². The number of hydrogen-bond donors (Lipinski definition) is 2. The third-order valence-corrected chi connectivity index (χ3v) is 3.36. The van der Waals surface area contributed by atoms with Crippen molar-refractivity contribution in [2.45, 2.75) is 6.54 Å². The van der Waals surface area contributed by atoms with E-state index in [2.05, 4.69) is 20.5 Å².